The van der Waals surface area contributed by atoms with E-state index in [0.717, 1.165) is 36.8 Å². The smallest absolute Gasteiger partial charge is 0.163 e. The summed E-state index contributed by atoms with van der Waals surface area (Å²) in [6, 6.07) is 14.1. The Bertz CT molecular complexity index is 902. The van der Waals surface area contributed by atoms with Crippen molar-refractivity contribution in [2.75, 3.05) is 6.54 Å². The van der Waals surface area contributed by atoms with Gasteiger partial charge >= 0.3 is 0 Å². The van der Waals surface area contributed by atoms with E-state index in [4.69, 9.17) is 0 Å². The molecule has 1 atom stereocenters. The molecule has 134 valence electrons. The quantitative estimate of drug-likeness (QED) is 0.648. The largest absolute Gasteiger partial charge is 0.350 e. The van der Waals surface area contributed by atoms with E-state index >= 15 is 0 Å². The Kier molecular flexibility index (Phi) is 4.55. The molecule has 26 heavy (non-hydrogen) atoms. The first-order chi connectivity index (χ1) is 12.6. The van der Waals surface area contributed by atoms with Crippen molar-refractivity contribution in [3.63, 3.8) is 0 Å². The van der Waals surface area contributed by atoms with Gasteiger partial charge in [-0.25, -0.2) is 13.2 Å². The number of benzene rings is 2. The Morgan fingerprint density at radius 1 is 0.885 bits per heavy atom. The summed E-state index contributed by atoms with van der Waals surface area (Å²) in [7, 11) is 0. The SMILES string of the molecule is Fc1ccc(CN2CCCn3cccc3C2c2cccc(F)c2F)cc1. The van der Waals surface area contributed by atoms with Crippen molar-refractivity contribution in [1.29, 1.82) is 0 Å². The molecule has 0 amide bonds. The summed E-state index contributed by atoms with van der Waals surface area (Å²) in [6.45, 7) is 2.10. The minimum absolute atomic E-state index is 0.286. The molecule has 2 heterocycles. The second-order valence-corrected chi connectivity index (χ2v) is 6.62. The van der Waals surface area contributed by atoms with Gasteiger partial charge in [0.25, 0.3) is 0 Å². The fourth-order valence-corrected chi connectivity index (χ4v) is 3.72. The normalized spacial score (nSPS) is 17.7. The highest BCUT2D eigenvalue weighted by atomic mass is 19.2. The number of hydrogen-bond acceptors (Lipinski definition) is 1. The molecule has 0 spiro atoms. The maximum Gasteiger partial charge on any atom is 0.163 e. The predicted octanol–water partition coefficient (Wildman–Crippen LogP) is 4.90. The highest BCUT2D eigenvalue weighted by Gasteiger charge is 2.30. The Balaban J connectivity index is 1.78. The molecule has 0 saturated carbocycles. The number of nitrogens with zero attached hydrogens (tertiary/aromatic N) is 2. The molecular weight excluding hydrogens is 337 g/mol. The van der Waals surface area contributed by atoms with Crippen LogP contribution in [0.4, 0.5) is 13.2 Å². The van der Waals surface area contributed by atoms with Crippen LogP contribution in [0.25, 0.3) is 0 Å². The van der Waals surface area contributed by atoms with Gasteiger partial charge in [0, 0.05) is 37.1 Å². The average Bonchev–Trinajstić information content (AvgIpc) is 3.02. The summed E-state index contributed by atoms with van der Waals surface area (Å²) < 4.78 is 43.8. The van der Waals surface area contributed by atoms with Crippen LogP contribution in [0, 0.1) is 17.5 Å². The molecule has 1 aromatic heterocycles. The Labute approximate surface area is 150 Å². The molecule has 0 radical (unpaired) electrons. The standard InChI is InChI=1S/C21H19F3N2/c22-16-9-7-15(8-10-16)14-26-13-3-12-25-11-2-6-19(25)21(26)17-4-1-5-18(23)20(17)24/h1-2,4-11,21H,3,12-14H2. The summed E-state index contributed by atoms with van der Waals surface area (Å²) >= 11 is 0. The minimum Gasteiger partial charge on any atom is -0.350 e. The number of hydrogen-bond donors (Lipinski definition) is 0. The molecule has 0 fully saturated rings. The van der Waals surface area contributed by atoms with Crippen molar-refractivity contribution in [2.24, 2.45) is 0 Å². The van der Waals surface area contributed by atoms with Gasteiger partial charge < -0.3 is 4.57 Å². The molecule has 1 aliphatic heterocycles. The van der Waals surface area contributed by atoms with Gasteiger partial charge in [-0.2, -0.15) is 0 Å². The summed E-state index contributed by atoms with van der Waals surface area (Å²) in [5.41, 5.74) is 2.20. The third-order valence-corrected chi connectivity index (χ3v) is 4.93. The Hall–Kier alpha value is -2.53. The molecular formula is C21H19F3N2. The molecule has 4 rings (SSSR count). The van der Waals surface area contributed by atoms with Gasteiger partial charge in [0.15, 0.2) is 11.6 Å². The van der Waals surface area contributed by atoms with Crippen LogP contribution < -0.4 is 0 Å². The van der Waals surface area contributed by atoms with Crippen LogP contribution in [0.15, 0.2) is 60.8 Å². The first-order valence-corrected chi connectivity index (χ1v) is 8.71. The van der Waals surface area contributed by atoms with Gasteiger partial charge in [-0.1, -0.05) is 24.3 Å². The van der Waals surface area contributed by atoms with Gasteiger partial charge in [0.05, 0.1) is 6.04 Å². The molecule has 3 aromatic rings. The van der Waals surface area contributed by atoms with Gasteiger partial charge in [-0.05, 0) is 42.3 Å². The van der Waals surface area contributed by atoms with Crippen LogP contribution in [-0.4, -0.2) is 16.0 Å². The number of aromatic nitrogens is 1. The Morgan fingerprint density at radius 3 is 2.50 bits per heavy atom. The topological polar surface area (TPSA) is 8.17 Å². The lowest BCUT2D eigenvalue weighted by Crippen LogP contribution is -2.30. The van der Waals surface area contributed by atoms with E-state index in [2.05, 4.69) is 9.47 Å². The van der Waals surface area contributed by atoms with E-state index in [1.54, 1.807) is 24.3 Å². The summed E-state index contributed by atoms with van der Waals surface area (Å²) in [5, 5.41) is 0. The van der Waals surface area contributed by atoms with Crippen molar-refractivity contribution >= 4 is 0 Å². The maximum absolute atomic E-state index is 14.6. The van der Waals surface area contributed by atoms with E-state index in [-0.39, 0.29) is 5.82 Å². The van der Waals surface area contributed by atoms with E-state index in [1.807, 2.05) is 18.3 Å². The molecule has 2 nitrogen and oxygen atoms in total. The number of halogens is 3. The molecule has 0 N–H and O–H groups in total. The fraction of sp³-hybridized carbons (Fsp3) is 0.238. The summed E-state index contributed by atoms with van der Waals surface area (Å²) in [6.07, 6.45) is 2.87. The van der Waals surface area contributed by atoms with Gasteiger partial charge in [-0.15, -0.1) is 0 Å². The summed E-state index contributed by atoms with van der Waals surface area (Å²) in [5.74, 6) is -1.94. The zero-order valence-corrected chi connectivity index (χ0v) is 14.2. The van der Waals surface area contributed by atoms with E-state index in [1.165, 1.54) is 12.1 Å². The molecule has 0 aliphatic carbocycles. The molecule has 2 aromatic carbocycles. The van der Waals surface area contributed by atoms with E-state index < -0.39 is 17.7 Å². The maximum atomic E-state index is 14.6. The highest BCUT2D eigenvalue weighted by molar-refractivity contribution is 5.32. The number of rotatable bonds is 3. The average molecular weight is 356 g/mol. The second-order valence-electron chi connectivity index (χ2n) is 6.62. The molecule has 1 aliphatic rings. The summed E-state index contributed by atoms with van der Waals surface area (Å²) in [4.78, 5) is 2.13. The zero-order chi connectivity index (χ0) is 18.1. The number of fused-ring (bicyclic) bond motifs is 1. The van der Waals surface area contributed by atoms with Crippen molar-refractivity contribution < 1.29 is 13.2 Å². The van der Waals surface area contributed by atoms with Crippen LogP contribution in [0.1, 0.15) is 29.3 Å². The molecule has 1 unspecified atom stereocenters. The predicted molar refractivity (Wildman–Crippen MR) is 94.1 cm³/mol. The third-order valence-electron chi connectivity index (χ3n) is 4.93. The van der Waals surface area contributed by atoms with Crippen LogP contribution in [0.3, 0.4) is 0 Å². The molecule has 0 saturated heterocycles. The van der Waals surface area contributed by atoms with Crippen LogP contribution in [0.2, 0.25) is 0 Å². The van der Waals surface area contributed by atoms with Gasteiger partial charge in [0.2, 0.25) is 0 Å². The van der Waals surface area contributed by atoms with Gasteiger partial charge in [0.1, 0.15) is 5.82 Å². The van der Waals surface area contributed by atoms with Crippen LogP contribution >= 0.6 is 0 Å². The van der Waals surface area contributed by atoms with Crippen molar-refractivity contribution in [3.8, 4) is 0 Å². The van der Waals surface area contributed by atoms with E-state index in [9.17, 15) is 13.2 Å². The lowest BCUT2D eigenvalue weighted by Gasteiger charge is -2.31. The lowest BCUT2D eigenvalue weighted by atomic mass is 10.00. The fourth-order valence-electron chi connectivity index (χ4n) is 3.72. The Morgan fingerprint density at radius 2 is 1.69 bits per heavy atom. The van der Waals surface area contributed by atoms with Crippen molar-refractivity contribution in [1.82, 2.24) is 9.47 Å². The first-order valence-electron chi connectivity index (χ1n) is 8.71. The number of aryl methyl sites for hydroxylation is 1. The van der Waals surface area contributed by atoms with Crippen molar-refractivity contribution in [2.45, 2.75) is 25.6 Å². The monoisotopic (exact) mass is 356 g/mol. The van der Waals surface area contributed by atoms with E-state index in [0.29, 0.717) is 12.1 Å². The highest BCUT2D eigenvalue weighted by Crippen LogP contribution is 2.34. The molecule has 5 heteroatoms. The first kappa shape index (κ1) is 16.9. The lowest BCUT2D eigenvalue weighted by molar-refractivity contribution is 0.215. The van der Waals surface area contributed by atoms with Crippen LogP contribution in [0.5, 0.6) is 0 Å². The van der Waals surface area contributed by atoms with Crippen molar-refractivity contribution in [3.05, 3.63) is 95.1 Å². The second kappa shape index (κ2) is 7.00. The zero-order valence-electron chi connectivity index (χ0n) is 14.2. The van der Waals surface area contributed by atoms with Crippen LogP contribution in [-0.2, 0) is 13.1 Å². The third kappa shape index (κ3) is 3.15. The minimum atomic E-state index is -0.841. The molecule has 0 bridgehead atoms. The van der Waals surface area contributed by atoms with Gasteiger partial charge in [-0.3, -0.25) is 4.90 Å².